The maximum absolute atomic E-state index is 12.3. The van der Waals surface area contributed by atoms with Crippen LogP contribution in [0.4, 0.5) is 0 Å². The van der Waals surface area contributed by atoms with Crippen LogP contribution < -0.4 is 5.32 Å². The molecule has 0 radical (unpaired) electrons. The Morgan fingerprint density at radius 1 is 1.19 bits per heavy atom. The highest BCUT2D eigenvalue weighted by Crippen LogP contribution is 2.18. The molecule has 1 N–H and O–H groups in total. The molecule has 0 fully saturated rings. The van der Waals surface area contributed by atoms with Crippen molar-refractivity contribution >= 4 is 16.9 Å². The molecule has 26 heavy (non-hydrogen) atoms. The molecule has 2 heterocycles. The molecule has 0 unspecified atom stereocenters. The minimum atomic E-state index is 0.0710. The number of nitrogens with zero attached hydrogens (tertiary/aromatic N) is 3. The molecule has 0 bridgehead atoms. The number of hydrogen-bond acceptors (Lipinski definition) is 3. The minimum absolute atomic E-state index is 0.0710. The lowest BCUT2D eigenvalue weighted by Crippen LogP contribution is -2.39. The van der Waals surface area contributed by atoms with Crippen LogP contribution in [0, 0.1) is 6.92 Å². The van der Waals surface area contributed by atoms with Gasteiger partial charge in [0, 0.05) is 26.7 Å². The first-order valence-corrected chi connectivity index (χ1v) is 9.08. The standard InChI is InChI=1S/C21H24N4O/c1-15-23-19-11-16(7-8-20(19)24(15)2)12-22-21(26)14-25-10-9-17-5-3-4-6-18(17)13-25/h3-8,11H,9-10,12-14H2,1-2H3,(H,22,26). The molecule has 0 atom stereocenters. The number of imidazole rings is 1. The van der Waals surface area contributed by atoms with Gasteiger partial charge in [-0.15, -0.1) is 0 Å². The van der Waals surface area contributed by atoms with E-state index >= 15 is 0 Å². The van der Waals surface area contributed by atoms with Crippen LogP contribution in [0.3, 0.4) is 0 Å². The van der Waals surface area contributed by atoms with E-state index in [1.54, 1.807) is 0 Å². The summed E-state index contributed by atoms with van der Waals surface area (Å²) in [4.78, 5) is 19.1. The lowest BCUT2D eigenvalue weighted by Gasteiger charge is -2.28. The summed E-state index contributed by atoms with van der Waals surface area (Å²) in [5, 5.41) is 3.04. The van der Waals surface area contributed by atoms with Crippen LogP contribution in [-0.4, -0.2) is 33.4 Å². The SMILES string of the molecule is Cc1nc2cc(CNC(=O)CN3CCc4ccccc4C3)ccc2n1C. The number of fused-ring (bicyclic) bond motifs is 2. The zero-order chi connectivity index (χ0) is 18.1. The summed E-state index contributed by atoms with van der Waals surface area (Å²) >= 11 is 0. The number of benzene rings is 2. The molecule has 0 saturated heterocycles. The summed E-state index contributed by atoms with van der Waals surface area (Å²) in [5.41, 5.74) is 5.91. The first-order valence-electron chi connectivity index (χ1n) is 9.08. The monoisotopic (exact) mass is 348 g/mol. The Labute approximate surface area is 153 Å². The largest absolute Gasteiger partial charge is 0.351 e. The lowest BCUT2D eigenvalue weighted by atomic mass is 10.00. The predicted molar refractivity (Wildman–Crippen MR) is 103 cm³/mol. The van der Waals surface area contributed by atoms with Crippen molar-refractivity contribution in [2.45, 2.75) is 26.4 Å². The number of aromatic nitrogens is 2. The number of amides is 1. The van der Waals surface area contributed by atoms with Gasteiger partial charge in [-0.05, 0) is 42.2 Å². The highest BCUT2D eigenvalue weighted by Gasteiger charge is 2.17. The highest BCUT2D eigenvalue weighted by molar-refractivity contribution is 5.79. The number of carbonyl (C=O) groups excluding carboxylic acids is 1. The Kier molecular flexibility index (Phi) is 4.47. The maximum Gasteiger partial charge on any atom is 0.234 e. The van der Waals surface area contributed by atoms with Gasteiger partial charge >= 0.3 is 0 Å². The van der Waals surface area contributed by atoms with E-state index in [0.717, 1.165) is 41.9 Å². The van der Waals surface area contributed by atoms with E-state index in [9.17, 15) is 4.79 Å². The summed E-state index contributed by atoms with van der Waals surface area (Å²) in [6, 6.07) is 14.7. The van der Waals surface area contributed by atoms with Crippen molar-refractivity contribution in [3.8, 4) is 0 Å². The van der Waals surface area contributed by atoms with Gasteiger partial charge in [0.05, 0.1) is 17.6 Å². The number of nitrogens with one attached hydrogen (secondary N) is 1. The van der Waals surface area contributed by atoms with Crippen LogP contribution in [0.1, 0.15) is 22.5 Å². The third kappa shape index (κ3) is 3.35. The van der Waals surface area contributed by atoms with Gasteiger partial charge in [-0.25, -0.2) is 4.98 Å². The van der Waals surface area contributed by atoms with E-state index < -0.39 is 0 Å². The van der Waals surface area contributed by atoms with Crippen molar-refractivity contribution in [2.75, 3.05) is 13.1 Å². The van der Waals surface area contributed by atoms with E-state index in [2.05, 4.69) is 62.2 Å². The topological polar surface area (TPSA) is 50.2 Å². The van der Waals surface area contributed by atoms with E-state index in [1.807, 2.05) is 14.0 Å². The van der Waals surface area contributed by atoms with Crippen molar-refractivity contribution in [2.24, 2.45) is 7.05 Å². The number of rotatable bonds is 4. The fourth-order valence-corrected chi connectivity index (χ4v) is 3.62. The molecule has 1 aromatic heterocycles. The number of aryl methyl sites for hydroxylation is 2. The quantitative estimate of drug-likeness (QED) is 0.788. The normalized spacial score (nSPS) is 14.4. The summed E-state index contributed by atoms with van der Waals surface area (Å²) in [7, 11) is 2.02. The molecule has 0 saturated carbocycles. The van der Waals surface area contributed by atoms with Crippen LogP contribution >= 0.6 is 0 Å². The molecule has 5 nitrogen and oxygen atoms in total. The van der Waals surface area contributed by atoms with E-state index in [-0.39, 0.29) is 5.91 Å². The molecule has 1 aliphatic heterocycles. The van der Waals surface area contributed by atoms with Gasteiger partial charge in [-0.1, -0.05) is 30.3 Å². The minimum Gasteiger partial charge on any atom is -0.351 e. The number of hydrogen-bond donors (Lipinski definition) is 1. The molecule has 0 spiro atoms. The summed E-state index contributed by atoms with van der Waals surface area (Å²) in [5.74, 6) is 1.06. The molecule has 134 valence electrons. The predicted octanol–water partition coefficient (Wildman–Crippen LogP) is 2.56. The van der Waals surface area contributed by atoms with Gasteiger partial charge < -0.3 is 9.88 Å². The van der Waals surface area contributed by atoms with E-state index in [0.29, 0.717) is 13.1 Å². The van der Waals surface area contributed by atoms with Crippen LogP contribution in [0.2, 0.25) is 0 Å². The second kappa shape index (κ2) is 6.92. The fourth-order valence-electron chi connectivity index (χ4n) is 3.62. The van der Waals surface area contributed by atoms with Crippen LogP contribution in [-0.2, 0) is 31.4 Å². The third-order valence-corrected chi connectivity index (χ3v) is 5.24. The second-order valence-corrected chi connectivity index (χ2v) is 7.05. The van der Waals surface area contributed by atoms with Crippen molar-refractivity contribution in [3.63, 3.8) is 0 Å². The smallest absolute Gasteiger partial charge is 0.234 e. The first kappa shape index (κ1) is 16.8. The summed E-state index contributed by atoms with van der Waals surface area (Å²) in [6.45, 7) is 4.76. The second-order valence-electron chi connectivity index (χ2n) is 7.05. The summed E-state index contributed by atoms with van der Waals surface area (Å²) < 4.78 is 2.08. The Balaban J connectivity index is 1.34. The Morgan fingerprint density at radius 3 is 2.85 bits per heavy atom. The molecule has 1 amide bonds. The van der Waals surface area contributed by atoms with Gasteiger partial charge in [-0.3, -0.25) is 9.69 Å². The van der Waals surface area contributed by atoms with Crippen LogP contribution in [0.15, 0.2) is 42.5 Å². The Bertz CT molecular complexity index is 960. The van der Waals surface area contributed by atoms with Gasteiger partial charge in [0.1, 0.15) is 5.82 Å². The Morgan fingerprint density at radius 2 is 2.00 bits per heavy atom. The Hall–Kier alpha value is -2.66. The van der Waals surface area contributed by atoms with Crippen molar-refractivity contribution < 1.29 is 4.79 Å². The van der Waals surface area contributed by atoms with Gasteiger partial charge in [-0.2, -0.15) is 0 Å². The van der Waals surface area contributed by atoms with Gasteiger partial charge in [0.15, 0.2) is 0 Å². The molecule has 0 aliphatic carbocycles. The van der Waals surface area contributed by atoms with Crippen LogP contribution in [0.25, 0.3) is 11.0 Å². The third-order valence-electron chi connectivity index (χ3n) is 5.24. The van der Waals surface area contributed by atoms with Crippen LogP contribution in [0.5, 0.6) is 0 Å². The zero-order valence-electron chi connectivity index (χ0n) is 15.3. The summed E-state index contributed by atoms with van der Waals surface area (Å²) in [6.07, 6.45) is 1.01. The van der Waals surface area contributed by atoms with E-state index in [1.165, 1.54) is 11.1 Å². The molecular formula is C21H24N4O. The average molecular weight is 348 g/mol. The molecule has 1 aliphatic rings. The fraction of sp³-hybridized carbons (Fsp3) is 0.333. The molecule has 3 aromatic rings. The molecule has 2 aromatic carbocycles. The van der Waals surface area contributed by atoms with Crippen molar-refractivity contribution in [1.82, 2.24) is 19.8 Å². The number of carbonyl (C=O) groups is 1. The molecule has 4 rings (SSSR count). The average Bonchev–Trinajstić information content (AvgIpc) is 2.93. The van der Waals surface area contributed by atoms with Gasteiger partial charge in [0.2, 0.25) is 5.91 Å². The maximum atomic E-state index is 12.3. The van der Waals surface area contributed by atoms with Crippen molar-refractivity contribution in [3.05, 3.63) is 65.0 Å². The highest BCUT2D eigenvalue weighted by atomic mass is 16.2. The molecule has 5 heteroatoms. The zero-order valence-corrected chi connectivity index (χ0v) is 15.3. The lowest BCUT2D eigenvalue weighted by molar-refractivity contribution is -0.122. The van der Waals surface area contributed by atoms with Gasteiger partial charge in [0.25, 0.3) is 0 Å². The van der Waals surface area contributed by atoms with Crippen molar-refractivity contribution in [1.29, 1.82) is 0 Å². The molecular weight excluding hydrogens is 324 g/mol. The first-order chi connectivity index (χ1) is 12.6. The van der Waals surface area contributed by atoms with E-state index in [4.69, 9.17) is 0 Å².